The molecule has 142 valence electrons. The summed E-state index contributed by atoms with van der Waals surface area (Å²) in [7, 11) is -3.51. The lowest BCUT2D eigenvalue weighted by atomic mass is 10.0. The van der Waals surface area contributed by atoms with Crippen LogP contribution in [0.25, 0.3) is 0 Å². The molecule has 0 radical (unpaired) electrons. The van der Waals surface area contributed by atoms with E-state index in [1.807, 2.05) is 13.8 Å². The molecule has 1 aromatic carbocycles. The third kappa shape index (κ3) is 4.18. The van der Waals surface area contributed by atoms with Crippen molar-refractivity contribution >= 4 is 21.6 Å². The van der Waals surface area contributed by atoms with Gasteiger partial charge in [0.2, 0.25) is 15.9 Å². The highest BCUT2D eigenvalue weighted by molar-refractivity contribution is 7.89. The molecule has 6 heteroatoms. The fourth-order valence-electron chi connectivity index (χ4n) is 4.02. The molecule has 1 amide bonds. The van der Waals surface area contributed by atoms with E-state index in [-0.39, 0.29) is 22.9 Å². The van der Waals surface area contributed by atoms with Gasteiger partial charge in [0.05, 0.1) is 4.90 Å². The van der Waals surface area contributed by atoms with Crippen LogP contribution in [-0.4, -0.2) is 30.7 Å². The van der Waals surface area contributed by atoms with Gasteiger partial charge in [-0.1, -0.05) is 18.6 Å². The molecule has 1 fully saturated rings. The van der Waals surface area contributed by atoms with Gasteiger partial charge in [-0.2, -0.15) is 4.31 Å². The first-order valence-corrected chi connectivity index (χ1v) is 10.9. The maximum Gasteiger partial charge on any atom is 0.243 e. The summed E-state index contributed by atoms with van der Waals surface area (Å²) in [6.45, 7) is 3.94. The predicted molar refractivity (Wildman–Crippen MR) is 103 cm³/mol. The Morgan fingerprint density at radius 3 is 2.35 bits per heavy atom. The second kappa shape index (κ2) is 7.92. The highest BCUT2D eigenvalue weighted by Crippen LogP contribution is 2.30. The van der Waals surface area contributed by atoms with E-state index >= 15 is 0 Å². The number of carbonyl (C=O) groups is 1. The molecular formula is C20H28N2O3S. The van der Waals surface area contributed by atoms with E-state index in [1.165, 1.54) is 0 Å². The number of sulfonamides is 1. The standard InChI is InChI=1S/C20H28N2O3S/c1-15-6-5-7-16(2)22(15)26(24,25)19-12-10-18(11-13-19)21-20(23)14-17-8-3-4-9-17/h3,8,10-13,15-17H,4-7,9,14H2,1-2H3,(H,21,23)/t15-,16-,17+/m1/s1. The van der Waals surface area contributed by atoms with Gasteiger partial charge in [0, 0.05) is 24.2 Å². The second-order valence-corrected chi connectivity index (χ2v) is 9.35. The summed E-state index contributed by atoms with van der Waals surface area (Å²) in [6, 6.07) is 6.57. The van der Waals surface area contributed by atoms with Crippen LogP contribution in [0.2, 0.25) is 0 Å². The lowest BCUT2D eigenvalue weighted by molar-refractivity contribution is -0.116. The van der Waals surface area contributed by atoms with Crippen LogP contribution in [0.5, 0.6) is 0 Å². The minimum atomic E-state index is -3.51. The van der Waals surface area contributed by atoms with E-state index in [1.54, 1.807) is 28.6 Å². The number of piperidine rings is 1. The Bertz CT molecular complexity index is 761. The molecule has 2 aliphatic rings. The zero-order valence-electron chi connectivity index (χ0n) is 15.5. The van der Waals surface area contributed by atoms with Crippen LogP contribution < -0.4 is 5.32 Å². The summed E-state index contributed by atoms with van der Waals surface area (Å²) < 4.78 is 27.6. The molecule has 3 atom stereocenters. The maximum absolute atomic E-state index is 13.0. The minimum absolute atomic E-state index is 0.0163. The van der Waals surface area contributed by atoms with Crippen molar-refractivity contribution in [1.29, 1.82) is 0 Å². The molecule has 0 unspecified atom stereocenters. The molecule has 1 heterocycles. The molecule has 5 nitrogen and oxygen atoms in total. The van der Waals surface area contributed by atoms with Gasteiger partial charge in [0.15, 0.2) is 0 Å². The Balaban J connectivity index is 1.68. The van der Waals surface area contributed by atoms with Crippen molar-refractivity contribution < 1.29 is 13.2 Å². The van der Waals surface area contributed by atoms with Gasteiger partial charge in [0.1, 0.15) is 0 Å². The number of amides is 1. The quantitative estimate of drug-likeness (QED) is 0.792. The van der Waals surface area contributed by atoms with Crippen LogP contribution in [-0.2, 0) is 14.8 Å². The summed E-state index contributed by atoms with van der Waals surface area (Å²) in [5, 5.41) is 2.86. The van der Waals surface area contributed by atoms with Crippen molar-refractivity contribution in [2.24, 2.45) is 5.92 Å². The van der Waals surface area contributed by atoms with Crippen molar-refractivity contribution in [3.05, 3.63) is 36.4 Å². The number of carbonyl (C=O) groups excluding carboxylic acids is 1. The Labute approximate surface area is 156 Å². The van der Waals surface area contributed by atoms with Gasteiger partial charge >= 0.3 is 0 Å². The first kappa shape index (κ1) is 19.1. The van der Waals surface area contributed by atoms with Crippen LogP contribution >= 0.6 is 0 Å². The van der Waals surface area contributed by atoms with Crippen molar-refractivity contribution in [2.75, 3.05) is 5.32 Å². The third-order valence-electron chi connectivity index (χ3n) is 5.39. The number of hydrogen-bond acceptors (Lipinski definition) is 3. The first-order valence-electron chi connectivity index (χ1n) is 9.48. The zero-order chi connectivity index (χ0) is 18.7. The molecule has 1 N–H and O–H groups in total. The topological polar surface area (TPSA) is 66.5 Å². The summed E-state index contributed by atoms with van der Waals surface area (Å²) in [5.74, 6) is 0.284. The third-order valence-corrected chi connectivity index (χ3v) is 7.53. The number of allylic oxidation sites excluding steroid dienone is 2. The van der Waals surface area contributed by atoms with E-state index in [2.05, 4.69) is 17.5 Å². The van der Waals surface area contributed by atoms with Crippen LogP contribution in [0.1, 0.15) is 52.4 Å². The van der Waals surface area contributed by atoms with Crippen LogP contribution in [0.15, 0.2) is 41.3 Å². The number of nitrogens with zero attached hydrogens (tertiary/aromatic N) is 1. The van der Waals surface area contributed by atoms with Crippen LogP contribution in [0.3, 0.4) is 0 Å². The van der Waals surface area contributed by atoms with Gasteiger partial charge in [-0.25, -0.2) is 8.42 Å². The molecule has 1 aliphatic carbocycles. The maximum atomic E-state index is 13.0. The summed E-state index contributed by atoms with van der Waals surface area (Å²) >= 11 is 0. The monoisotopic (exact) mass is 376 g/mol. The van der Waals surface area contributed by atoms with Gasteiger partial charge in [-0.3, -0.25) is 4.79 Å². The second-order valence-electron chi connectivity index (χ2n) is 7.51. The largest absolute Gasteiger partial charge is 0.326 e. The van der Waals surface area contributed by atoms with Gasteiger partial charge in [0.25, 0.3) is 0 Å². The molecule has 3 rings (SSSR count). The number of hydrogen-bond donors (Lipinski definition) is 1. The van der Waals surface area contributed by atoms with Crippen molar-refractivity contribution in [2.45, 2.75) is 69.4 Å². The summed E-state index contributed by atoms with van der Waals surface area (Å²) in [4.78, 5) is 12.4. The van der Waals surface area contributed by atoms with Crippen molar-refractivity contribution in [3.8, 4) is 0 Å². The van der Waals surface area contributed by atoms with Gasteiger partial charge in [-0.05, 0) is 69.7 Å². The SMILES string of the molecule is C[C@@H]1CCC[C@@H](C)N1S(=O)(=O)c1ccc(NC(=O)C[C@H]2C=CCC2)cc1. The molecular weight excluding hydrogens is 348 g/mol. The molecule has 1 saturated heterocycles. The summed E-state index contributed by atoms with van der Waals surface area (Å²) in [6.07, 6.45) is 9.60. The highest BCUT2D eigenvalue weighted by atomic mass is 32.2. The highest BCUT2D eigenvalue weighted by Gasteiger charge is 2.35. The number of rotatable bonds is 5. The number of nitrogens with one attached hydrogen (secondary N) is 1. The molecule has 1 aromatic rings. The van der Waals surface area contributed by atoms with Gasteiger partial charge < -0.3 is 5.32 Å². The van der Waals surface area contributed by atoms with Crippen LogP contribution in [0, 0.1) is 5.92 Å². The fourth-order valence-corrected chi connectivity index (χ4v) is 5.90. The van der Waals surface area contributed by atoms with E-state index in [0.717, 1.165) is 32.1 Å². The Hall–Kier alpha value is -1.66. The van der Waals surface area contributed by atoms with Crippen LogP contribution in [0.4, 0.5) is 5.69 Å². The molecule has 0 bridgehead atoms. The number of benzene rings is 1. The zero-order valence-corrected chi connectivity index (χ0v) is 16.3. The Kier molecular flexibility index (Phi) is 5.82. The van der Waals surface area contributed by atoms with E-state index in [4.69, 9.17) is 0 Å². The van der Waals surface area contributed by atoms with E-state index in [0.29, 0.717) is 18.0 Å². The normalized spacial score (nSPS) is 26.8. The molecule has 26 heavy (non-hydrogen) atoms. The van der Waals surface area contributed by atoms with E-state index in [9.17, 15) is 13.2 Å². The van der Waals surface area contributed by atoms with Crippen molar-refractivity contribution in [1.82, 2.24) is 4.31 Å². The Morgan fingerprint density at radius 2 is 1.77 bits per heavy atom. The molecule has 0 aromatic heterocycles. The smallest absolute Gasteiger partial charge is 0.243 e. The number of anilines is 1. The molecule has 0 spiro atoms. The van der Waals surface area contributed by atoms with Crippen molar-refractivity contribution in [3.63, 3.8) is 0 Å². The average Bonchev–Trinajstić information content (AvgIpc) is 3.07. The Morgan fingerprint density at radius 1 is 1.12 bits per heavy atom. The molecule has 1 aliphatic heterocycles. The minimum Gasteiger partial charge on any atom is -0.326 e. The fraction of sp³-hybridized carbons (Fsp3) is 0.550. The van der Waals surface area contributed by atoms with Gasteiger partial charge in [-0.15, -0.1) is 0 Å². The van der Waals surface area contributed by atoms with E-state index < -0.39 is 10.0 Å². The first-order chi connectivity index (χ1) is 12.4. The predicted octanol–water partition coefficient (Wildman–Crippen LogP) is 3.93. The lowest BCUT2D eigenvalue weighted by Crippen LogP contribution is -2.47. The average molecular weight is 377 g/mol. The summed E-state index contributed by atoms with van der Waals surface area (Å²) in [5.41, 5.74) is 0.635. The lowest BCUT2D eigenvalue weighted by Gasteiger charge is -2.37. The molecule has 0 saturated carbocycles.